The van der Waals surface area contributed by atoms with Gasteiger partial charge >= 0.3 is 0 Å². The number of likely N-dealkylation sites (tertiary alicyclic amines) is 1. The summed E-state index contributed by atoms with van der Waals surface area (Å²) in [5.41, 5.74) is 1.03. The van der Waals surface area contributed by atoms with Crippen LogP contribution in [0.3, 0.4) is 0 Å². The van der Waals surface area contributed by atoms with Gasteiger partial charge in [0.2, 0.25) is 10.0 Å². The van der Waals surface area contributed by atoms with Crippen molar-refractivity contribution in [2.45, 2.75) is 49.8 Å². The van der Waals surface area contributed by atoms with E-state index in [2.05, 4.69) is 4.90 Å². The van der Waals surface area contributed by atoms with Crippen LogP contribution < -0.4 is 4.74 Å². The molecule has 0 unspecified atom stereocenters. The quantitative estimate of drug-likeness (QED) is 0.774. The SMILES string of the molecule is O=S(=O)(c1ccc2c(c1)CCO2)N1C[C@H]2CCN(CC3CCCC3)CC[C@H]2C1. The molecule has 2 saturated heterocycles. The van der Waals surface area contributed by atoms with Crippen LogP contribution in [0.15, 0.2) is 23.1 Å². The number of ether oxygens (including phenoxy) is 1. The number of rotatable bonds is 4. The molecular weight excluding hydrogens is 372 g/mol. The van der Waals surface area contributed by atoms with Crippen molar-refractivity contribution in [3.8, 4) is 5.75 Å². The molecule has 1 saturated carbocycles. The molecule has 0 N–H and O–H groups in total. The van der Waals surface area contributed by atoms with Crippen molar-refractivity contribution in [2.75, 3.05) is 39.3 Å². The minimum Gasteiger partial charge on any atom is -0.493 e. The molecule has 6 heteroatoms. The molecule has 1 aliphatic carbocycles. The lowest BCUT2D eigenvalue weighted by molar-refractivity contribution is 0.232. The van der Waals surface area contributed by atoms with Gasteiger partial charge in [0.15, 0.2) is 0 Å². The lowest BCUT2D eigenvalue weighted by Crippen LogP contribution is -2.32. The van der Waals surface area contributed by atoms with Crippen LogP contribution in [0.5, 0.6) is 5.75 Å². The summed E-state index contributed by atoms with van der Waals surface area (Å²) >= 11 is 0. The molecule has 0 radical (unpaired) electrons. The second-order valence-electron chi connectivity index (χ2n) is 9.24. The highest BCUT2D eigenvalue weighted by Gasteiger charge is 2.40. The maximum atomic E-state index is 13.2. The number of nitrogens with zero attached hydrogens (tertiary/aromatic N) is 2. The van der Waals surface area contributed by atoms with E-state index >= 15 is 0 Å². The van der Waals surface area contributed by atoms with E-state index in [1.807, 2.05) is 12.1 Å². The topological polar surface area (TPSA) is 49.9 Å². The van der Waals surface area contributed by atoms with Crippen LogP contribution in [0.2, 0.25) is 0 Å². The Balaban J connectivity index is 1.24. The Morgan fingerprint density at radius 3 is 2.43 bits per heavy atom. The monoisotopic (exact) mass is 404 g/mol. The summed E-state index contributed by atoms with van der Waals surface area (Å²) in [5.74, 6) is 2.77. The number of benzene rings is 1. The predicted molar refractivity (Wildman–Crippen MR) is 109 cm³/mol. The van der Waals surface area contributed by atoms with Crippen molar-refractivity contribution in [3.63, 3.8) is 0 Å². The first kappa shape index (κ1) is 18.9. The largest absolute Gasteiger partial charge is 0.493 e. The first-order valence-corrected chi connectivity index (χ1v) is 12.5. The maximum Gasteiger partial charge on any atom is 0.243 e. The van der Waals surface area contributed by atoms with Crippen molar-refractivity contribution in [1.29, 1.82) is 0 Å². The van der Waals surface area contributed by atoms with Gasteiger partial charge in [-0.05, 0) is 80.3 Å². The zero-order chi connectivity index (χ0) is 19.1. The minimum absolute atomic E-state index is 0.441. The van der Waals surface area contributed by atoms with E-state index in [9.17, 15) is 8.42 Å². The van der Waals surface area contributed by atoms with Crippen molar-refractivity contribution < 1.29 is 13.2 Å². The summed E-state index contributed by atoms with van der Waals surface area (Å²) in [5, 5.41) is 0. The first-order chi connectivity index (χ1) is 13.6. The Morgan fingerprint density at radius 1 is 1.00 bits per heavy atom. The molecule has 3 aliphatic heterocycles. The van der Waals surface area contributed by atoms with Crippen molar-refractivity contribution in [2.24, 2.45) is 17.8 Å². The molecule has 0 amide bonds. The van der Waals surface area contributed by atoms with Crippen LogP contribution in [0.25, 0.3) is 0 Å². The van der Waals surface area contributed by atoms with Gasteiger partial charge in [0, 0.05) is 26.1 Å². The number of sulfonamides is 1. The maximum absolute atomic E-state index is 13.2. The highest BCUT2D eigenvalue weighted by atomic mass is 32.2. The van der Waals surface area contributed by atoms with Gasteiger partial charge in [0.1, 0.15) is 5.75 Å². The van der Waals surface area contributed by atoms with Crippen LogP contribution >= 0.6 is 0 Å². The third-order valence-corrected chi connectivity index (χ3v) is 9.29. The van der Waals surface area contributed by atoms with E-state index in [0.29, 0.717) is 36.4 Å². The van der Waals surface area contributed by atoms with Gasteiger partial charge in [-0.3, -0.25) is 0 Å². The standard InChI is InChI=1S/C22H32N2O3S/c25-28(26,21-5-6-22-18(13-21)9-12-27-22)24-15-19-7-10-23(11-8-20(19)16-24)14-17-3-1-2-4-17/h5-6,13,17,19-20H,1-4,7-12,14-16H2/t19-,20+. The molecule has 3 heterocycles. The highest BCUT2D eigenvalue weighted by molar-refractivity contribution is 7.89. The van der Waals surface area contributed by atoms with Gasteiger partial charge < -0.3 is 9.64 Å². The molecule has 5 rings (SSSR count). The molecular formula is C22H32N2O3S. The van der Waals surface area contributed by atoms with Gasteiger partial charge in [-0.1, -0.05) is 12.8 Å². The first-order valence-electron chi connectivity index (χ1n) is 11.1. The Hall–Kier alpha value is -1.11. The average Bonchev–Trinajstić information content (AvgIpc) is 3.42. The Bertz CT molecular complexity index is 803. The lowest BCUT2D eigenvalue weighted by Gasteiger charge is -2.24. The van der Waals surface area contributed by atoms with Crippen molar-refractivity contribution in [3.05, 3.63) is 23.8 Å². The minimum atomic E-state index is -3.40. The zero-order valence-corrected chi connectivity index (χ0v) is 17.5. The predicted octanol–water partition coefficient (Wildman–Crippen LogP) is 3.14. The second kappa shape index (κ2) is 7.62. The van der Waals surface area contributed by atoms with E-state index in [1.54, 1.807) is 10.4 Å². The van der Waals surface area contributed by atoms with E-state index in [-0.39, 0.29) is 0 Å². The molecule has 0 bridgehead atoms. The van der Waals surface area contributed by atoms with Crippen molar-refractivity contribution >= 4 is 10.0 Å². The zero-order valence-electron chi connectivity index (χ0n) is 16.7. The summed E-state index contributed by atoms with van der Waals surface area (Å²) in [7, 11) is -3.40. The fraction of sp³-hybridized carbons (Fsp3) is 0.727. The van der Waals surface area contributed by atoms with Crippen LogP contribution in [-0.2, 0) is 16.4 Å². The van der Waals surface area contributed by atoms with Crippen LogP contribution in [-0.4, -0.2) is 57.0 Å². The lowest BCUT2D eigenvalue weighted by atomic mass is 9.92. The molecule has 1 aromatic carbocycles. The fourth-order valence-electron chi connectivity index (χ4n) is 5.77. The third-order valence-electron chi connectivity index (χ3n) is 7.47. The van der Waals surface area contributed by atoms with Crippen LogP contribution in [0, 0.1) is 17.8 Å². The average molecular weight is 405 g/mol. The Morgan fingerprint density at radius 2 is 1.71 bits per heavy atom. The normalized spacial score (nSPS) is 29.4. The molecule has 0 aromatic heterocycles. The summed E-state index contributed by atoms with van der Waals surface area (Å²) in [6, 6.07) is 5.37. The highest BCUT2D eigenvalue weighted by Crippen LogP contribution is 2.37. The van der Waals surface area contributed by atoms with E-state index in [4.69, 9.17) is 4.74 Å². The van der Waals surface area contributed by atoms with Gasteiger partial charge in [-0.25, -0.2) is 8.42 Å². The second-order valence-corrected chi connectivity index (χ2v) is 11.2. The number of hydrogen-bond acceptors (Lipinski definition) is 4. The number of hydrogen-bond donors (Lipinski definition) is 0. The molecule has 2 atom stereocenters. The summed E-state index contributed by atoms with van der Waals surface area (Å²) in [6.07, 6.45) is 8.71. The summed E-state index contributed by atoms with van der Waals surface area (Å²) in [6.45, 7) is 5.59. The van der Waals surface area contributed by atoms with Gasteiger partial charge in [0.05, 0.1) is 11.5 Å². The summed E-state index contributed by atoms with van der Waals surface area (Å²) in [4.78, 5) is 3.10. The third kappa shape index (κ3) is 3.59. The molecule has 3 fully saturated rings. The van der Waals surface area contributed by atoms with E-state index < -0.39 is 10.0 Å². The molecule has 1 aromatic rings. The Kier molecular flexibility index (Phi) is 5.14. The summed E-state index contributed by atoms with van der Waals surface area (Å²) < 4.78 is 33.7. The fourth-order valence-corrected chi connectivity index (χ4v) is 7.37. The molecule has 0 spiro atoms. The van der Waals surface area contributed by atoms with Gasteiger partial charge in [0.25, 0.3) is 0 Å². The van der Waals surface area contributed by atoms with Crippen molar-refractivity contribution in [1.82, 2.24) is 9.21 Å². The van der Waals surface area contributed by atoms with Crippen LogP contribution in [0.4, 0.5) is 0 Å². The van der Waals surface area contributed by atoms with Crippen LogP contribution in [0.1, 0.15) is 44.1 Å². The van der Waals surface area contributed by atoms with E-state index in [0.717, 1.165) is 49.6 Å². The Labute approximate surface area is 169 Å². The molecule has 5 nitrogen and oxygen atoms in total. The number of fused-ring (bicyclic) bond motifs is 2. The smallest absolute Gasteiger partial charge is 0.243 e. The van der Waals surface area contributed by atoms with Gasteiger partial charge in [-0.2, -0.15) is 4.31 Å². The molecule has 28 heavy (non-hydrogen) atoms. The molecule has 154 valence electrons. The molecule has 4 aliphatic rings. The van der Waals surface area contributed by atoms with E-state index in [1.165, 1.54) is 32.2 Å². The van der Waals surface area contributed by atoms with Gasteiger partial charge in [-0.15, -0.1) is 0 Å².